The first-order valence-corrected chi connectivity index (χ1v) is 7.07. The standard InChI is InChI=1S/C15H15FN2S/c16-14-8-12(15(17)18)6-7-13(14)10-19-9-11-4-2-1-3-5-11/h1-8H,9-10H2,(H3,17,18). The van der Waals surface area contributed by atoms with E-state index in [1.165, 1.54) is 11.6 Å². The van der Waals surface area contributed by atoms with Crippen LogP contribution in [-0.2, 0) is 11.5 Å². The molecule has 98 valence electrons. The van der Waals surface area contributed by atoms with Gasteiger partial charge in [-0.25, -0.2) is 4.39 Å². The fraction of sp³-hybridized carbons (Fsp3) is 0.133. The number of benzene rings is 2. The van der Waals surface area contributed by atoms with E-state index in [-0.39, 0.29) is 11.7 Å². The Bertz CT molecular complexity index is 570. The zero-order valence-corrected chi connectivity index (χ0v) is 11.2. The van der Waals surface area contributed by atoms with Gasteiger partial charge in [0.05, 0.1) is 0 Å². The van der Waals surface area contributed by atoms with Gasteiger partial charge < -0.3 is 5.73 Å². The van der Waals surface area contributed by atoms with Crippen molar-refractivity contribution in [3.63, 3.8) is 0 Å². The summed E-state index contributed by atoms with van der Waals surface area (Å²) in [6, 6.07) is 14.8. The molecule has 0 unspecified atom stereocenters. The highest BCUT2D eigenvalue weighted by Gasteiger charge is 2.05. The number of nitrogens with one attached hydrogen (secondary N) is 1. The number of hydrogen-bond acceptors (Lipinski definition) is 2. The van der Waals surface area contributed by atoms with Gasteiger partial charge in [0, 0.05) is 17.1 Å². The largest absolute Gasteiger partial charge is 0.384 e. The van der Waals surface area contributed by atoms with Gasteiger partial charge in [0.1, 0.15) is 11.7 Å². The quantitative estimate of drug-likeness (QED) is 0.647. The first-order chi connectivity index (χ1) is 9.16. The molecular weight excluding hydrogens is 259 g/mol. The minimum Gasteiger partial charge on any atom is -0.384 e. The lowest BCUT2D eigenvalue weighted by Gasteiger charge is -2.05. The highest BCUT2D eigenvalue weighted by Crippen LogP contribution is 2.20. The highest BCUT2D eigenvalue weighted by atomic mass is 32.2. The third kappa shape index (κ3) is 3.83. The van der Waals surface area contributed by atoms with Crippen LogP contribution < -0.4 is 5.73 Å². The Kier molecular flexibility index (Phi) is 4.58. The highest BCUT2D eigenvalue weighted by molar-refractivity contribution is 7.97. The van der Waals surface area contributed by atoms with Crippen LogP contribution in [0.4, 0.5) is 4.39 Å². The van der Waals surface area contributed by atoms with Crippen molar-refractivity contribution < 1.29 is 4.39 Å². The van der Waals surface area contributed by atoms with E-state index < -0.39 is 0 Å². The Balaban J connectivity index is 1.95. The number of amidine groups is 1. The molecular formula is C15H15FN2S. The Morgan fingerprint density at radius 1 is 1.11 bits per heavy atom. The van der Waals surface area contributed by atoms with Crippen molar-refractivity contribution in [3.05, 3.63) is 71.0 Å². The van der Waals surface area contributed by atoms with Crippen LogP contribution in [0.25, 0.3) is 0 Å². The summed E-state index contributed by atoms with van der Waals surface area (Å²) in [6.45, 7) is 0. The number of halogens is 1. The van der Waals surface area contributed by atoms with Crippen LogP contribution in [0, 0.1) is 11.2 Å². The smallest absolute Gasteiger partial charge is 0.127 e. The Morgan fingerprint density at radius 2 is 1.84 bits per heavy atom. The van der Waals surface area contributed by atoms with Gasteiger partial charge in [0.25, 0.3) is 0 Å². The molecule has 0 saturated carbocycles. The Morgan fingerprint density at radius 3 is 2.47 bits per heavy atom. The molecule has 0 radical (unpaired) electrons. The van der Waals surface area contributed by atoms with Crippen molar-refractivity contribution >= 4 is 17.6 Å². The summed E-state index contributed by atoms with van der Waals surface area (Å²) in [5.74, 6) is 1.06. The molecule has 0 amide bonds. The van der Waals surface area contributed by atoms with Crippen molar-refractivity contribution in [3.8, 4) is 0 Å². The number of nitrogen functional groups attached to an aromatic ring is 1. The summed E-state index contributed by atoms with van der Waals surface area (Å²) in [4.78, 5) is 0. The van der Waals surface area contributed by atoms with Crippen molar-refractivity contribution in [2.45, 2.75) is 11.5 Å². The van der Waals surface area contributed by atoms with Crippen molar-refractivity contribution in [1.82, 2.24) is 0 Å². The Hall–Kier alpha value is -1.81. The molecule has 2 aromatic carbocycles. The molecule has 0 aromatic heterocycles. The molecule has 0 aliphatic heterocycles. The lowest BCUT2D eigenvalue weighted by molar-refractivity contribution is 0.617. The van der Waals surface area contributed by atoms with Gasteiger partial charge in [-0.2, -0.15) is 11.8 Å². The monoisotopic (exact) mass is 274 g/mol. The van der Waals surface area contributed by atoms with E-state index in [9.17, 15) is 4.39 Å². The predicted octanol–water partition coefficient (Wildman–Crippen LogP) is 3.54. The summed E-state index contributed by atoms with van der Waals surface area (Å²) >= 11 is 1.66. The van der Waals surface area contributed by atoms with Gasteiger partial charge in [-0.15, -0.1) is 0 Å². The number of hydrogen-bond donors (Lipinski definition) is 2. The van der Waals surface area contributed by atoms with Crippen LogP contribution in [0.3, 0.4) is 0 Å². The van der Waals surface area contributed by atoms with Crippen molar-refractivity contribution in [2.24, 2.45) is 5.73 Å². The summed E-state index contributed by atoms with van der Waals surface area (Å²) in [5.41, 5.74) is 7.62. The molecule has 2 nitrogen and oxygen atoms in total. The number of thioether (sulfide) groups is 1. The van der Waals surface area contributed by atoms with E-state index in [2.05, 4.69) is 12.1 Å². The van der Waals surface area contributed by atoms with Gasteiger partial charge in [0.15, 0.2) is 0 Å². The average Bonchev–Trinajstić information content (AvgIpc) is 2.41. The fourth-order valence-corrected chi connectivity index (χ4v) is 2.67. The lowest BCUT2D eigenvalue weighted by Crippen LogP contribution is -2.11. The Labute approximate surface area is 116 Å². The van der Waals surface area contributed by atoms with Gasteiger partial charge in [-0.05, 0) is 17.2 Å². The maximum absolute atomic E-state index is 13.8. The van der Waals surface area contributed by atoms with Crippen LogP contribution in [0.1, 0.15) is 16.7 Å². The molecule has 0 fully saturated rings. The second-order valence-corrected chi connectivity index (χ2v) is 5.18. The van der Waals surface area contributed by atoms with Gasteiger partial charge >= 0.3 is 0 Å². The first kappa shape index (κ1) is 13.6. The molecule has 19 heavy (non-hydrogen) atoms. The van der Waals surface area contributed by atoms with E-state index >= 15 is 0 Å². The minimum absolute atomic E-state index is 0.109. The summed E-state index contributed by atoms with van der Waals surface area (Å²) in [7, 11) is 0. The van der Waals surface area contributed by atoms with E-state index in [1.54, 1.807) is 23.9 Å². The van der Waals surface area contributed by atoms with Crippen LogP contribution in [0.5, 0.6) is 0 Å². The second-order valence-electron chi connectivity index (χ2n) is 4.20. The molecule has 2 rings (SSSR count). The molecule has 4 heteroatoms. The normalized spacial score (nSPS) is 10.4. The van der Waals surface area contributed by atoms with Gasteiger partial charge in [0.2, 0.25) is 0 Å². The fourth-order valence-electron chi connectivity index (χ4n) is 1.68. The molecule has 3 N–H and O–H groups in total. The maximum Gasteiger partial charge on any atom is 0.127 e. The molecule has 0 aliphatic rings. The average molecular weight is 274 g/mol. The molecule has 0 bridgehead atoms. The van der Waals surface area contributed by atoms with Crippen molar-refractivity contribution in [2.75, 3.05) is 0 Å². The van der Waals surface area contributed by atoms with Crippen molar-refractivity contribution in [1.29, 1.82) is 5.41 Å². The van der Waals surface area contributed by atoms with Crippen LogP contribution in [0.2, 0.25) is 0 Å². The van der Waals surface area contributed by atoms with E-state index in [4.69, 9.17) is 11.1 Å². The molecule has 0 spiro atoms. The predicted molar refractivity (Wildman–Crippen MR) is 78.9 cm³/mol. The van der Waals surface area contributed by atoms with Crippen LogP contribution in [-0.4, -0.2) is 5.84 Å². The minimum atomic E-state index is -0.298. The molecule has 0 saturated heterocycles. The van der Waals surface area contributed by atoms with E-state index in [0.29, 0.717) is 16.9 Å². The van der Waals surface area contributed by atoms with Crippen LogP contribution in [0.15, 0.2) is 48.5 Å². The van der Waals surface area contributed by atoms with Gasteiger partial charge in [-0.3, -0.25) is 5.41 Å². The molecule has 0 aliphatic carbocycles. The molecule has 0 atom stereocenters. The van der Waals surface area contributed by atoms with Gasteiger partial charge in [-0.1, -0.05) is 42.5 Å². The van der Waals surface area contributed by atoms with E-state index in [1.807, 2.05) is 18.2 Å². The van der Waals surface area contributed by atoms with E-state index in [0.717, 1.165) is 5.75 Å². The zero-order valence-electron chi connectivity index (χ0n) is 10.4. The number of rotatable bonds is 5. The summed E-state index contributed by atoms with van der Waals surface area (Å²) < 4.78 is 13.8. The lowest BCUT2D eigenvalue weighted by atomic mass is 10.1. The zero-order chi connectivity index (χ0) is 13.7. The third-order valence-electron chi connectivity index (χ3n) is 2.73. The van der Waals surface area contributed by atoms with Crippen LogP contribution >= 0.6 is 11.8 Å². The maximum atomic E-state index is 13.8. The second kappa shape index (κ2) is 6.38. The topological polar surface area (TPSA) is 49.9 Å². The number of nitrogens with two attached hydrogens (primary N) is 1. The molecule has 0 heterocycles. The molecule has 2 aromatic rings. The summed E-state index contributed by atoms with van der Waals surface area (Å²) in [6.07, 6.45) is 0. The summed E-state index contributed by atoms with van der Waals surface area (Å²) in [5, 5.41) is 7.26. The third-order valence-corrected chi connectivity index (χ3v) is 3.79. The SMILES string of the molecule is N=C(N)c1ccc(CSCc2ccccc2)c(F)c1. The first-order valence-electron chi connectivity index (χ1n) is 5.91.